The van der Waals surface area contributed by atoms with Crippen molar-refractivity contribution < 1.29 is 4.42 Å². The summed E-state index contributed by atoms with van der Waals surface area (Å²) >= 11 is 1.83. The molecule has 0 N–H and O–H groups in total. The van der Waals surface area contributed by atoms with Crippen molar-refractivity contribution in [1.82, 2.24) is 4.57 Å². The van der Waals surface area contributed by atoms with Gasteiger partial charge in [-0.1, -0.05) is 165 Å². The summed E-state index contributed by atoms with van der Waals surface area (Å²) in [6.45, 7) is 2.30. The van der Waals surface area contributed by atoms with Crippen LogP contribution in [-0.4, -0.2) is 16.1 Å². The molecule has 4 heterocycles. The molecule has 310 valence electrons. The van der Waals surface area contributed by atoms with Crippen LogP contribution in [0, 0.1) is 5.92 Å². The van der Waals surface area contributed by atoms with Crippen LogP contribution in [-0.2, 0) is 0 Å². The van der Waals surface area contributed by atoms with E-state index in [1.807, 2.05) is 11.3 Å². The van der Waals surface area contributed by atoms with Crippen LogP contribution in [0.3, 0.4) is 0 Å². The Morgan fingerprint density at radius 1 is 0.515 bits per heavy atom. The van der Waals surface area contributed by atoms with E-state index in [2.05, 4.69) is 212 Å². The lowest BCUT2D eigenvalue weighted by Crippen LogP contribution is -2.17. The zero-order valence-corrected chi connectivity index (χ0v) is 36.8. The summed E-state index contributed by atoms with van der Waals surface area (Å²) in [6, 6.07) is 70.2. The van der Waals surface area contributed by atoms with E-state index in [1.165, 1.54) is 63.3 Å². The fraction of sp³-hybridized carbons (Fsp3) is 0.0492. The number of amidine groups is 1. The van der Waals surface area contributed by atoms with E-state index in [-0.39, 0.29) is 5.92 Å². The van der Waals surface area contributed by atoms with Gasteiger partial charge in [0, 0.05) is 69.7 Å². The Morgan fingerprint density at radius 3 is 2.06 bits per heavy atom. The van der Waals surface area contributed by atoms with Crippen LogP contribution in [0.15, 0.2) is 215 Å². The number of furan rings is 1. The van der Waals surface area contributed by atoms with Crippen LogP contribution in [0.4, 0.5) is 0 Å². The van der Waals surface area contributed by atoms with Gasteiger partial charge >= 0.3 is 0 Å². The SMILES string of the molecule is CC1C/C=C(\c2ccc3c(c2)sc2ccccc23)N=C(c2ccc(-n3c4cc5ccccc5cc4c4ccc5ccccc5c43)c3oc4ccccc4c23)N=C1c1cccc2ccccc12. The Hall–Kier alpha value is -8.12. The Bertz CT molecular complexity index is 4290. The Balaban J connectivity index is 1.07. The number of nitrogens with zero attached hydrogens (tertiary/aromatic N) is 3. The summed E-state index contributed by atoms with van der Waals surface area (Å²) in [6.07, 6.45) is 3.11. The van der Waals surface area contributed by atoms with Crippen molar-refractivity contribution in [3.05, 3.63) is 217 Å². The van der Waals surface area contributed by atoms with Crippen molar-refractivity contribution in [2.75, 3.05) is 0 Å². The average Bonchev–Trinajstić information content (AvgIpc) is 4.04. The molecule has 4 nitrogen and oxygen atoms in total. The molecule has 0 radical (unpaired) electrons. The van der Waals surface area contributed by atoms with E-state index < -0.39 is 0 Å². The minimum Gasteiger partial charge on any atom is -0.454 e. The molecule has 0 amide bonds. The topological polar surface area (TPSA) is 42.8 Å². The van der Waals surface area contributed by atoms with Crippen LogP contribution in [0.1, 0.15) is 30.0 Å². The van der Waals surface area contributed by atoms with E-state index in [0.717, 1.165) is 73.2 Å². The maximum atomic E-state index is 7.13. The molecule has 66 heavy (non-hydrogen) atoms. The summed E-state index contributed by atoms with van der Waals surface area (Å²) in [7, 11) is 0. The molecule has 10 aromatic carbocycles. The van der Waals surface area contributed by atoms with Crippen molar-refractivity contribution in [3.63, 3.8) is 0 Å². The molecule has 0 saturated heterocycles. The highest BCUT2D eigenvalue weighted by molar-refractivity contribution is 7.25. The number of hydrogen-bond acceptors (Lipinski definition) is 4. The smallest absolute Gasteiger partial charge is 0.160 e. The molecule has 0 saturated carbocycles. The molecule has 13 aromatic rings. The van der Waals surface area contributed by atoms with Gasteiger partial charge in [-0.2, -0.15) is 0 Å². The number of rotatable bonds is 4. The standard InChI is InChI=1S/C61H39N3OS/c1-36-25-31-51(41-27-28-45-44-20-9-11-24-55(44)66-56(45)35-41)62-61(63-58(36)46-22-12-17-37-13-4-6-18-42(37)46)49-30-32-52(60-57(49)48-21-8-10-23-54(48)65-60)64-53-34-40-16-3-2-15-39(40)33-50(53)47-29-26-38-14-5-7-19-43(38)59(47)64/h2-24,26-36H,25H2,1H3/b51-31+,62-61?,63-58?. The van der Waals surface area contributed by atoms with E-state index in [1.54, 1.807) is 0 Å². The Kier molecular flexibility index (Phi) is 8.16. The van der Waals surface area contributed by atoms with Crippen molar-refractivity contribution in [2.24, 2.45) is 15.9 Å². The second-order valence-corrected chi connectivity index (χ2v) is 18.7. The second-order valence-electron chi connectivity index (χ2n) is 17.7. The van der Waals surface area contributed by atoms with Gasteiger partial charge in [0.2, 0.25) is 0 Å². The summed E-state index contributed by atoms with van der Waals surface area (Å²) in [5.41, 5.74) is 9.95. The van der Waals surface area contributed by atoms with E-state index in [4.69, 9.17) is 14.4 Å². The van der Waals surface area contributed by atoms with Crippen LogP contribution in [0.5, 0.6) is 0 Å². The predicted molar refractivity (Wildman–Crippen MR) is 281 cm³/mol. The van der Waals surface area contributed by atoms with Gasteiger partial charge in [0.1, 0.15) is 5.58 Å². The van der Waals surface area contributed by atoms with E-state index in [0.29, 0.717) is 5.84 Å². The largest absolute Gasteiger partial charge is 0.454 e. The highest BCUT2D eigenvalue weighted by Crippen LogP contribution is 2.44. The molecular formula is C61H39N3OS. The maximum Gasteiger partial charge on any atom is 0.160 e. The predicted octanol–water partition coefficient (Wildman–Crippen LogP) is 16.8. The molecule has 0 bridgehead atoms. The minimum atomic E-state index is 0.0981. The zero-order chi connectivity index (χ0) is 43.5. The van der Waals surface area contributed by atoms with Gasteiger partial charge in [-0.25, -0.2) is 9.98 Å². The second kappa shape index (κ2) is 14.4. The highest BCUT2D eigenvalue weighted by Gasteiger charge is 2.26. The normalized spacial score (nSPS) is 15.6. The quantitative estimate of drug-likeness (QED) is 0.174. The van der Waals surface area contributed by atoms with Crippen molar-refractivity contribution >= 4 is 125 Å². The lowest BCUT2D eigenvalue weighted by atomic mass is 9.90. The molecule has 1 unspecified atom stereocenters. The Morgan fingerprint density at radius 2 is 1.20 bits per heavy atom. The van der Waals surface area contributed by atoms with Crippen molar-refractivity contribution in [1.29, 1.82) is 0 Å². The lowest BCUT2D eigenvalue weighted by Gasteiger charge is -2.20. The fourth-order valence-electron chi connectivity index (χ4n) is 10.7. The first-order valence-corrected chi connectivity index (χ1v) is 23.5. The number of para-hydroxylation sites is 1. The molecule has 5 heteroatoms. The molecule has 1 atom stereocenters. The summed E-state index contributed by atoms with van der Waals surface area (Å²) in [5.74, 6) is 0.759. The van der Waals surface area contributed by atoms with Crippen LogP contribution in [0.2, 0.25) is 0 Å². The average molecular weight is 862 g/mol. The first kappa shape index (κ1) is 37.3. The van der Waals surface area contributed by atoms with Gasteiger partial charge < -0.3 is 8.98 Å². The first-order chi connectivity index (χ1) is 32.6. The van der Waals surface area contributed by atoms with Gasteiger partial charge in [-0.3, -0.25) is 0 Å². The van der Waals surface area contributed by atoms with Gasteiger partial charge in [0.25, 0.3) is 0 Å². The van der Waals surface area contributed by atoms with Crippen molar-refractivity contribution in [3.8, 4) is 5.69 Å². The molecule has 3 aromatic heterocycles. The van der Waals surface area contributed by atoms with Crippen LogP contribution < -0.4 is 0 Å². The number of fused-ring (bicyclic) bond motifs is 13. The maximum absolute atomic E-state index is 7.13. The molecule has 0 spiro atoms. The van der Waals surface area contributed by atoms with Gasteiger partial charge in [-0.15, -0.1) is 11.3 Å². The lowest BCUT2D eigenvalue weighted by molar-refractivity contribution is 0.666. The number of hydrogen-bond donors (Lipinski definition) is 0. The van der Waals surface area contributed by atoms with Gasteiger partial charge in [-0.05, 0) is 75.8 Å². The zero-order valence-electron chi connectivity index (χ0n) is 36.0. The fourth-order valence-corrected chi connectivity index (χ4v) is 11.8. The third-order valence-electron chi connectivity index (χ3n) is 13.8. The van der Waals surface area contributed by atoms with E-state index in [9.17, 15) is 0 Å². The number of thiophene rings is 1. The molecular weight excluding hydrogens is 823 g/mol. The van der Waals surface area contributed by atoms with Crippen molar-refractivity contribution in [2.45, 2.75) is 13.3 Å². The molecule has 0 aliphatic carbocycles. The summed E-state index contributed by atoms with van der Waals surface area (Å²) in [4.78, 5) is 11.4. The van der Waals surface area contributed by atoms with Gasteiger partial charge in [0.15, 0.2) is 11.4 Å². The third kappa shape index (κ3) is 5.63. The number of aromatic nitrogens is 1. The first-order valence-electron chi connectivity index (χ1n) is 22.7. The summed E-state index contributed by atoms with van der Waals surface area (Å²) in [5, 5.41) is 14.2. The molecule has 14 rings (SSSR count). The monoisotopic (exact) mass is 861 g/mol. The summed E-state index contributed by atoms with van der Waals surface area (Å²) < 4.78 is 12.1. The third-order valence-corrected chi connectivity index (χ3v) is 15.0. The minimum absolute atomic E-state index is 0.0981. The van der Waals surface area contributed by atoms with Crippen LogP contribution in [0.25, 0.3) is 108 Å². The molecule has 1 aliphatic heterocycles. The van der Waals surface area contributed by atoms with Crippen LogP contribution >= 0.6 is 11.3 Å². The number of allylic oxidation sites excluding steroid dienone is 1. The number of benzene rings is 10. The number of aliphatic imine (C=N–C) groups is 2. The highest BCUT2D eigenvalue weighted by atomic mass is 32.1. The van der Waals surface area contributed by atoms with Gasteiger partial charge in [0.05, 0.1) is 28.1 Å². The molecule has 0 fully saturated rings. The van der Waals surface area contributed by atoms with E-state index >= 15 is 0 Å². The molecule has 1 aliphatic rings. The Labute approximate surface area is 383 Å².